The van der Waals surface area contributed by atoms with E-state index in [9.17, 15) is 22.8 Å². The molecular formula is C22H20F3N3O4. The van der Waals surface area contributed by atoms with Crippen LogP contribution < -0.4 is 10.1 Å². The average Bonchev–Trinajstić information content (AvgIpc) is 3.20. The Morgan fingerprint density at radius 2 is 1.81 bits per heavy atom. The van der Waals surface area contributed by atoms with E-state index in [2.05, 4.69) is 10.4 Å². The number of nitrogens with one attached hydrogen (secondary N) is 1. The summed E-state index contributed by atoms with van der Waals surface area (Å²) in [6, 6.07) is 10.6. The summed E-state index contributed by atoms with van der Waals surface area (Å²) < 4.78 is 51.4. The third-order valence-corrected chi connectivity index (χ3v) is 4.51. The van der Waals surface area contributed by atoms with Crippen LogP contribution >= 0.6 is 0 Å². The molecule has 32 heavy (non-hydrogen) atoms. The molecule has 1 aromatic heterocycles. The number of methoxy groups -OCH3 is 1. The van der Waals surface area contributed by atoms with Crippen molar-refractivity contribution in [2.24, 2.45) is 0 Å². The van der Waals surface area contributed by atoms with Crippen molar-refractivity contribution in [2.75, 3.05) is 19.0 Å². The van der Waals surface area contributed by atoms with Crippen molar-refractivity contribution < 1.29 is 32.2 Å². The zero-order valence-corrected chi connectivity index (χ0v) is 17.5. The van der Waals surface area contributed by atoms with Gasteiger partial charge in [0, 0.05) is 5.56 Å². The minimum atomic E-state index is -4.85. The molecule has 0 aliphatic rings. The standard InChI is InChI=1S/C22H20F3N3O4/c1-4-32-21(30)16-12-26-28(19(16)22(23,24)25)15-8-6-14(7-9-15)20(29)27-17-11-13(2)5-10-18(17)31-3/h5-12H,4H2,1-3H3,(H,27,29). The van der Waals surface area contributed by atoms with Crippen LogP contribution in [0.2, 0.25) is 0 Å². The highest BCUT2D eigenvalue weighted by atomic mass is 19.4. The van der Waals surface area contributed by atoms with Crippen LogP contribution in [0.3, 0.4) is 0 Å². The molecule has 3 rings (SSSR count). The summed E-state index contributed by atoms with van der Waals surface area (Å²) in [7, 11) is 1.47. The van der Waals surface area contributed by atoms with Crippen LogP contribution in [0.25, 0.3) is 5.69 Å². The molecule has 10 heteroatoms. The third kappa shape index (κ3) is 4.74. The average molecular weight is 447 g/mol. The first-order chi connectivity index (χ1) is 15.2. The van der Waals surface area contributed by atoms with Gasteiger partial charge in [-0.3, -0.25) is 4.79 Å². The summed E-state index contributed by atoms with van der Waals surface area (Å²) >= 11 is 0. The van der Waals surface area contributed by atoms with E-state index in [0.717, 1.165) is 11.8 Å². The second kappa shape index (κ2) is 9.13. The predicted octanol–water partition coefficient (Wildman–Crippen LogP) is 4.64. The number of amides is 1. The largest absolute Gasteiger partial charge is 0.495 e. The predicted molar refractivity (Wildman–Crippen MR) is 110 cm³/mol. The summed E-state index contributed by atoms with van der Waals surface area (Å²) in [6.07, 6.45) is -4.04. The third-order valence-electron chi connectivity index (χ3n) is 4.51. The molecule has 1 heterocycles. The molecule has 0 saturated heterocycles. The molecular weight excluding hydrogens is 427 g/mol. The van der Waals surface area contributed by atoms with Crippen LogP contribution in [0.5, 0.6) is 5.75 Å². The molecule has 0 radical (unpaired) electrons. The maximum Gasteiger partial charge on any atom is 0.434 e. The first kappa shape index (κ1) is 22.9. The number of esters is 1. The van der Waals surface area contributed by atoms with E-state index in [1.807, 2.05) is 13.0 Å². The zero-order chi connectivity index (χ0) is 23.5. The van der Waals surface area contributed by atoms with Crippen molar-refractivity contribution in [3.8, 4) is 11.4 Å². The molecule has 0 bridgehead atoms. The fourth-order valence-electron chi connectivity index (χ4n) is 3.04. The lowest BCUT2D eigenvalue weighted by molar-refractivity contribution is -0.143. The molecule has 1 amide bonds. The fourth-order valence-corrected chi connectivity index (χ4v) is 3.04. The Morgan fingerprint density at radius 3 is 2.41 bits per heavy atom. The second-order valence-corrected chi connectivity index (χ2v) is 6.74. The number of carbonyl (C=O) groups is 2. The van der Waals surface area contributed by atoms with Gasteiger partial charge in [-0.05, 0) is 55.8 Å². The van der Waals surface area contributed by atoms with Crippen LogP contribution in [0.4, 0.5) is 18.9 Å². The van der Waals surface area contributed by atoms with Crippen LogP contribution in [-0.4, -0.2) is 35.4 Å². The number of halogens is 3. The minimum absolute atomic E-state index is 0.0255. The lowest BCUT2D eigenvalue weighted by Gasteiger charge is -2.13. The van der Waals surface area contributed by atoms with Crippen molar-refractivity contribution in [2.45, 2.75) is 20.0 Å². The molecule has 2 aromatic carbocycles. The van der Waals surface area contributed by atoms with Gasteiger partial charge < -0.3 is 14.8 Å². The number of alkyl halides is 3. The Kier molecular flexibility index (Phi) is 6.52. The first-order valence-corrected chi connectivity index (χ1v) is 9.54. The van der Waals surface area contributed by atoms with E-state index in [1.165, 1.54) is 38.3 Å². The van der Waals surface area contributed by atoms with Gasteiger partial charge in [0.1, 0.15) is 11.3 Å². The van der Waals surface area contributed by atoms with Crippen molar-refractivity contribution >= 4 is 17.6 Å². The molecule has 7 nitrogen and oxygen atoms in total. The number of rotatable bonds is 6. The van der Waals surface area contributed by atoms with Crippen molar-refractivity contribution in [3.05, 3.63) is 71.0 Å². The van der Waals surface area contributed by atoms with Gasteiger partial charge in [0.2, 0.25) is 0 Å². The van der Waals surface area contributed by atoms with Crippen molar-refractivity contribution in [1.29, 1.82) is 0 Å². The van der Waals surface area contributed by atoms with E-state index in [0.29, 0.717) is 16.1 Å². The van der Waals surface area contributed by atoms with E-state index in [1.54, 1.807) is 12.1 Å². The van der Waals surface area contributed by atoms with Crippen molar-refractivity contribution in [3.63, 3.8) is 0 Å². The van der Waals surface area contributed by atoms with E-state index >= 15 is 0 Å². The molecule has 0 aliphatic heterocycles. The first-order valence-electron chi connectivity index (χ1n) is 9.54. The Bertz CT molecular complexity index is 1140. The van der Waals surface area contributed by atoms with Crippen LogP contribution in [0.15, 0.2) is 48.7 Å². The smallest absolute Gasteiger partial charge is 0.434 e. The number of anilines is 1. The summed E-state index contributed by atoms with van der Waals surface area (Å²) in [4.78, 5) is 24.5. The van der Waals surface area contributed by atoms with Gasteiger partial charge in [0.05, 0.1) is 31.3 Å². The quantitative estimate of drug-likeness (QED) is 0.557. The van der Waals surface area contributed by atoms with E-state index in [-0.39, 0.29) is 17.9 Å². The van der Waals surface area contributed by atoms with Gasteiger partial charge >= 0.3 is 12.1 Å². The van der Waals surface area contributed by atoms with Crippen LogP contribution in [0, 0.1) is 6.92 Å². The molecule has 1 N–H and O–H groups in total. The van der Waals surface area contributed by atoms with E-state index < -0.39 is 29.3 Å². The van der Waals surface area contributed by atoms with Crippen LogP contribution in [0.1, 0.15) is 38.9 Å². The molecule has 0 aliphatic carbocycles. The van der Waals surface area contributed by atoms with Gasteiger partial charge in [-0.2, -0.15) is 18.3 Å². The van der Waals surface area contributed by atoms with Crippen LogP contribution in [-0.2, 0) is 10.9 Å². The van der Waals surface area contributed by atoms with E-state index in [4.69, 9.17) is 9.47 Å². The number of benzene rings is 2. The maximum absolute atomic E-state index is 13.6. The Balaban J connectivity index is 1.90. The zero-order valence-electron chi connectivity index (χ0n) is 17.5. The molecule has 3 aromatic rings. The molecule has 0 spiro atoms. The van der Waals surface area contributed by atoms with Gasteiger partial charge in [0.25, 0.3) is 5.91 Å². The Morgan fingerprint density at radius 1 is 1.12 bits per heavy atom. The highest BCUT2D eigenvalue weighted by molar-refractivity contribution is 6.05. The highest BCUT2D eigenvalue weighted by Gasteiger charge is 2.41. The number of nitrogens with zero attached hydrogens (tertiary/aromatic N) is 2. The number of hydrogen-bond acceptors (Lipinski definition) is 5. The fraction of sp³-hybridized carbons (Fsp3) is 0.227. The Labute approximate surface area is 181 Å². The lowest BCUT2D eigenvalue weighted by Crippen LogP contribution is -2.18. The summed E-state index contributed by atoms with van der Waals surface area (Å²) in [5.74, 6) is -1.11. The number of hydrogen-bond donors (Lipinski definition) is 1. The van der Waals surface area contributed by atoms with Gasteiger partial charge in [-0.15, -0.1) is 0 Å². The highest BCUT2D eigenvalue weighted by Crippen LogP contribution is 2.34. The van der Waals surface area contributed by atoms with Crippen molar-refractivity contribution in [1.82, 2.24) is 9.78 Å². The second-order valence-electron chi connectivity index (χ2n) is 6.74. The number of ether oxygens (including phenoxy) is 2. The molecule has 0 fully saturated rings. The molecule has 0 unspecified atom stereocenters. The number of carbonyl (C=O) groups excluding carboxylic acids is 2. The van der Waals surface area contributed by atoms with Gasteiger partial charge in [-0.25, -0.2) is 9.48 Å². The topological polar surface area (TPSA) is 82.5 Å². The minimum Gasteiger partial charge on any atom is -0.495 e. The SMILES string of the molecule is CCOC(=O)c1cnn(-c2ccc(C(=O)Nc3cc(C)ccc3OC)cc2)c1C(F)(F)F. The lowest BCUT2D eigenvalue weighted by atomic mass is 10.1. The number of aromatic nitrogens is 2. The normalized spacial score (nSPS) is 11.2. The summed E-state index contributed by atoms with van der Waals surface area (Å²) in [5, 5.41) is 6.43. The summed E-state index contributed by atoms with van der Waals surface area (Å²) in [5.41, 5.74) is -0.328. The van der Waals surface area contributed by atoms with Gasteiger partial charge in [0.15, 0.2) is 5.69 Å². The molecule has 0 atom stereocenters. The molecule has 0 saturated carbocycles. The van der Waals surface area contributed by atoms with Gasteiger partial charge in [-0.1, -0.05) is 6.07 Å². The monoisotopic (exact) mass is 447 g/mol. The summed E-state index contributed by atoms with van der Waals surface area (Å²) in [6.45, 7) is 3.28. The molecule has 168 valence electrons. The Hall–Kier alpha value is -3.82. The number of aryl methyl sites for hydroxylation is 1. The maximum atomic E-state index is 13.6.